The maximum absolute atomic E-state index is 5.43. The Hall–Kier alpha value is -1.96. The number of para-hydroxylation sites is 1. The Morgan fingerprint density at radius 2 is 1.61 bits per heavy atom. The van der Waals surface area contributed by atoms with E-state index in [-0.39, 0.29) is 0 Å². The fourth-order valence-electron chi connectivity index (χ4n) is 2.18. The summed E-state index contributed by atoms with van der Waals surface area (Å²) in [7, 11) is 1.72. The molecule has 0 saturated heterocycles. The minimum Gasteiger partial charge on any atom is -0.496 e. The van der Waals surface area contributed by atoms with Crippen LogP contribution in [-0.4, -0.2) is 7.11 Å². The monoisotopic (exact) mass is 241 g/mol. The van der Waals surface area contributed by atoms with Gasteiger partial charge in [-0.3, -0.25) is 0 Å². The standard InChI is InChI=1S/C16H19NO/c1-11-10-15(12(2)13(3)16(11)18-4)17-14-8-6-5-7-9-14/h5-10,17H,1-4H3. The lowest BCUT2D eigenvalue weighted by atomic mass is 10.0. The number of nitrogens with one attached hydrogen (secondary N) is 1. The fraction of sp³-hybridized carbons (Fsp3) is 0.250. The van der Waals surface area contributed by atoms with Gasteiger partial charge in [-0.25, -0.2) is 0 Å². The lowest BCUT2D eigenvalue weighted by Gasteiger charge is -2.17. The zero-order valence-corrected chi connectivity index (χ0v) is 11.4. The Balaban J connectivity index is 2.41. The van der Waals surface area contributed by atoms with Gasteiger partial charge < -0.3 is 10.1 Å². The molecule has 2 nitrogen and oxygen atoms in total. The van der Waals surface area contributed by atoms with Crippen molar-refractivity contribution in [3.8, 4) is 5.75 Å². The van der Waals surface area contributed by atoms with E-state index in [1.54, 1.807) is 7.11 Å². The lowest BCUT2D eigenvalue weighted by Crippen LogP contribution is -1.99. The summed E-state index contributed by atoms with van der Waals surface area (Å²) in [6.45, 7) is 6.28. The van der Waals surface area contributed by atoms with Crippen molar-refractivity contribution in [2.75, 3.05) is 12.4 Å². The summed E-state index contributed by atoms with van der Waals surface area (Å²) >= 11 is 0. The summed E-state index contributed by atoms with van der Waals surface area (Å²) in [4.78, 5) is 0. The number of anilines is 2. The van der Waals surface area contributed by atoms with Gasteiger partial charge in [0.05, 0.1) is 7.11 Å². The van der Waals surface area contributed by atoms with Crippen LogP contribution in [-0.2, 0) is 0 Å². The molecule has 1 N–H and O–H groups in total. The molecule has 94 valence electrons. The first-order valence-electron chi connectivity index (χ1n) is 6.10. The Bertz CT molecular complexity index is 547. The van der Waals surface area contributed by atoms with Crippen molar-refractivity contribution >= 4 is 11.4 Å². The van der Waals surface area contributed by atoms with Crippen LogP contribution in [0.5, 0.6) is 5.75 Å². The van der Waals surface area contributed by atoms with Gasteiger partial charge in [-0.1, -0.05) is 18.2 Å². The number of rotatable bonds is 3. The first kappa shape index (κ1) is 12.5. The Morgan fingerprint density at radius 1 is 0.944 bits per heavy atom. The van der Waals surface area contributed by atoms with E-state index >= 15 is 0 Å². The number of ether oxygens (including phenoxy) is 1. The highest BCUT2D eigenvalue weighted by Crippen LogP contribution is 2.32. The molecule has 0 radical (unpaired) electrons. The number of aryl methyl sites for hydroxylation is 1. The third-order valence-corrected chi connectivity index (χ3v) is 3.28. The summed E-state index contributed by atoms with van der Waals surface area (Å²) in [5.74, 6) is 0.978. The Morgan fingerprint density at radius 3 is 2.22 bits per heavy atom. The Labute approximate surface area is 109 Å². The van der Waals surface area contributed by atoms with E-state index in [4.69, 9.17) is 4.74 Å². The van der Waals surface area contributed by atoms with E-state index in [9.17, 15) is 0 Å². The molecular formula is C16H19NO. The highest BCUT2D eigenvalue weighted by Gasteiger charge is 2.10. The van der Waals surface area contributed by atoms with Crippen molar-refractivity contribution in [2.45, 2.75) is 20.8 Å². The van der Waals surface area contributed by atoms with E-state index in [1.165, 1.54) is 11.1 Å². The zero-order chi connectivity index (χ0) is 13.1. The molecule has 2 aromatic carbocycles. The average Bonchev–Trinajstić information content (AvgIpc) is 2.37. The second kappa shape index (κ2) is 5.13. The molecule has 18 heavy (non-hydrogen) atoms. The minimum atomic E-state index is 0.978. The van der Waals surface area contributed by atoms with Crippen LogP contribution >= 0.6 is 0 Å². The van der Waals surface area contributed by atoms with Crippen molar-refractivity contribution < 1.29 is 4.74 Å². The normalized spacial score (nSPS) is 10.2. The topological polar surface area (TPSA) is 21.3 Å². The summed E-state index contributed by atoms with van der Waals surface area (Å²) in [5, 5.41) is 3.45. The number of methoxy groups -OCH3 is 1. The number of hydrogen-bond donors (Lipinski definition) is 1. The van der Waals surface area contributed by atoms with Crippen LogP contribution in [0.4, 0.5) is 11.4 Å². The van der Waals surface area contributed by atoms with E-state index in [1.807, 2.05) is 18.2 Å². The van der Waals surface area contributed by atoms with Gasteiger partial charge in [0.1, 0.15) is 5.75 Å². The van der Waals surface area contributed by atoms with Crippen LogP contribution in [0, 0.1) is 20.8 Å². The molecule has 0 aliphatic carbocycles. The van der Waals surface area contributed by atoms with Crippen LogP contribution in [0.25, 0.3) is 0 Å². The predicted octanol–water partition coefficient (Wildman–Crippen LogP) is 4.36. The van der Waals surface area contributed by atoms with Crippen molar-refractivity contribution in [3.63, 3.8) is 0 Å². The molecule has 0 unspecified atom stereocenters. The van der Waals surface area contributed by atoms with E-state index in [0.717, 1.165) is 22.7 Å². The predicted molar refractivity (Wildman–Crippen MR) is 76.9 cm³/mol. The first-order chi connectivity index (χ1) is 8.63. The molecule has 0 amide bonds. The molecule has 0 aliphatic rings. The first-order valence-corrected chi connectivity index (χ1v) is 6.10. The quantitative estimate of drug-likeness (QED) is 0.861. The molecule has 2 aromatic rings. The molecule has 0 atom stereocenters. The number of benzene rings is 2. The van der Waals surface area contributed by atoms with E-state index < -0.39 is 0 Å². The molecule has 0 fully saturated rings. The molecule has 2 heteroatoms. The van der Waals surface area contributed by atoms with E-state index in [0.29, 0.717) is 0 Å². The smallest absolute Gasteiger partial charge is 0.125 e. The summed E-state index contributed by atoms with van der Waals surface area (Å²) in [6, 6.07) is 12.3. The molecule has 0 heterocycles. The second-order valence-corrected chi connectivity index (χ2v) is 4.52. The molecule has 0 aromatic heterocycles. The fourth-order valence-corrected chi connectivity index (χ4v) is 2.18. The SMILES string of the molecule is COc1c(C)cc(Nc2ccccc2)c(C)c1C. The van der Waals surface area contributed by atoms with Gasteiger partial charge in [0.25, 0.3) is 0 Å². The third-order valence-electron chi connectivity index (χ3n) is 3.28. The van der Waals surface area contributed by atoms with Gasteiger partial charge in [-0.15, -0.1) is 0 Å². The van der Waals surface area contributed by atoms with Crippen LogP contribution in [0.2, 0.25) is 0 Å². The summed E-state index contributed by atoms with van der Waals surface area (Å²) < 4.78 is 5.43. The zero-order valence-electron chi connectivity index (χ0n) is 11.4. The molecular weight excluding hydrogens is 222 g/mol. The molecule has 2 rings (SSSR count). The van der Waals surface area contributed by atoms with Crippen molar-refractivity contribution in [2.24, 2.45) is 0 Å². The van der Waals surface area contributed by atoms with E-state index in [2.05, 4.69) is 44.3 Å². The average molecular weight is 241 g/mol. The summed E-state index contributed by atoms with van der Waals surface area (Å²) in [6.07, 6.45) is 0. The van der Waals surface area contributed by atoms with Gasteiger partial charge >= 0.3 is 0 Å². The van der Waals surface area contributed by atoms with Crippen molar-refractivity contribution in [3.05, 3.63) is 53.1 Å². The van der Waals surface area contributed by atoms with Crippen LogP contribution in [0.3, 0.4) is 0 Å². The van der Waals surface area contributed by atoms with Gasteiger partial charge in [-0.05, 0) is 55.7 Å². The minimum absolute atomic E-state index is 0.978. The van der Waals surface area contributed by atoms with Gasteiger partial charge in [0.15, 0.2) is 0 Å². The second-order valence-electron chi connectivity index (χ2n) is 4.52. The van der Waals surface area contributed by atoms with Crippen molar-refractivity contribution in [1.29, 1.82) is 0 Å². The van der Waals surface area contributed by atoms with Gasteiger partial charge in [0, 0.05) is 11.4 Å². The maximum Gasteiger partial charge on any atom is 0.125 e. The van der Waals surface area contributed by atoms with Crippen LogP contribution in [0.1, 0.15) is 16.7 Å². The van der Waals surface area contributed by atoms with Crippen LogP contribution in [0.15, 0.2) is 36.4 Å². The van der Waals surface area contributed by atoms with Gasteiger partial charge in [-0.2, -0.15) is 0 Å². The van der Waals surface area contributed by atoms with Crippen molar-refractivity contribution in [1.82, 2.24) is 0 Å². The Kier molecular flexibility index (Phi) is 3.56. The number of hydrogen-bond acceptors (Lipinski definition) is 2. The molecule has 0 saturated carbocycles. The molecule has 0 bridgehead atoms. The third kappa shape index (κ3) is 2.33. The lowest BCUT2D eigenvalue weighted by molar-refractivity contribution is 0.408. The highest BCUT2D eigenvalue weighted by atomic mass is 16.5. The highest BCUT2D eigenvalue weighted by molar-refractivity contribution is 5.68. The van der Waals surface area contributed by atoms with Crippen LogP contribution < -0.4 is 10.1 Å². The molecule has 0 spiro atoms. The largest absolute Gasteiger partial charge is 0.496 e. The maximum atomic E-state index is 5.43. The molecule has 0 aliphatic heterocycles. The van der Waals surface area contributed by atoms with Gasteiger partial charge in [0.2, 0.25) is 0 Å². The summed E-state index contributed by atoms with van der Waals surface area (Å²) in [5.41, 5.74) is 5.80.